The van der Waals surface area contributed by atoms with Crippen LogP contribution in [0, 0.1) is 11.8 Å². The summed E-state index contributed by atoms with van der Waals surface area (Å²) in [6, 6.07) is 0.403. The molecule has 0 radical (unpaired) electrons. The molecule has 0 aromatic rings. The number of likely N-dealkylation sites (tertiary alicyclic amines) is 1. The van der Waals surface area contributed by atoms with E-state index in [0.717, 1.165) is 19.0 Å². The fourth-order valence-corrected chi connectivity index (χ4v) is 3.18. The van der Waals surface area contributed by atoms with Crippen molar-refractivity contribution < 1.29 is 5.11 Å². The molecule has 2 aliphatic rings. The van der Waals surface area contributed by atoms with Gasteiger partial charge in [0.15, 0.2) is 0 Å². The van der Waals surface area contributed by atoms with E-state index in [-0.39, 0.29) is 0 Å². The molecule has 2 heterocycles. The van der Waals surface area contributed by atoms with Crippen molar-refractivity contribution in [2.24, 2.45) is 11.8 Å². The number of aliphatic hydroxyl groups excluding tert-OH is 1. The maximum absolute atomic E-state index is 9.20. The monoisotopic (exact) mass is 188 g/mol. The zero-order chi connectivity index (χ0) is 8.72. The summed E-state index contributed by atoms with van der Waals surface area (Å²) in [6.45, 7) is 3.78. The number of nitrogens with zero attached hydrogens (tertiary/aromatic N) is 2. The van der Waals surface area contributed by atoms with E-state index in [1.165, 1.54) is 6.54 Å². The second-order valence-electron chi connectivity index (χ2n) is 4.07. The highest BCUT2D eigenvalue weighted by atomic mass is 31.0. The first-order valence-electron chi connectivity index (χ1n) is 4.53. The number of hydrogen-bond acceptors (Lipinski definition) is 3. The van der Waals surface area contributed by atoms with Gasteiger partial charge in [-0.2, -0.15) is 0 Å². The predicted molar refractivity (Wildman–Crippen MR) is 51.8 cm³/mol. The minimum Gasteiger partial charge on any atom is -0.395 e. The molecule has 0 aromatic carbocycles. The van der Waals surface area contributed by atoms with E-state index in [2.05, 4.69) is 26.0 Å². The zero-order valence-corrected chi connectivity index (χ0v) is 8.63. The zero-order valence-electron chi connectivity index (χ0n) is 7.48. The fourth-order valence-electron chi connectivity index (χ4n) is 2.67. The SMILES string of the molecule is CN1CC2CN(P)CC2C1CO. The quantitative estimate of drug-likeness (QED) is 0.569. The molecule has 70 valence electrons. The second-order valence-corrected chi connectivity index (χ2v) is 4.80. The van der Waals surface area contributed by atoms with Crippen molar-refractivity contribution >= 4 is 9.39 Å². The third-order valence-electron chi connectivity index (χ3n) is 3.29. The normalized spacial score (nSPS) is 43.8. The number of hydrogen-bond donors (Lipinski definition) is 1. The molecule has 2 fully saturated rings. The van der Waals surface area contributed by atoms with Crippen LogP contribution in [0.15, 0.2) is 0 Å². The first-order valence-corrected chi connectivity index (χ1v) is 5.04. The topological polar surface area (TPSA) is 26.7 Å². The van der Waals surface area contributed by atoms with E-state index in [1.807, 2.05) is 0 Å². The summed E-state index contributed by atoms with van der Waals surface area (Å²) in [4.78, 5) is 2.30. The van der Waals surface area contributed by atoms with Gasteiger partial charge in [0, 0.05) is 25.7 Å². The van der Waals surface area contributed by atoms with Crippen LogP contribution in [-0.2, 0) is 0 Å². The molecule has 0 spiro atoms. The number of rotatable bonds is 1. The van der Waals surface area contributed by atoms with E-state index in [1.54, 1.807) is 0 Å². The Balaban J connectivity index is 2.06. The molecule has 2 aliphatic heterocycles. The smallest absolute Gasteiger partial charge is 0.0590 e. The Morgan fingerprint density at radius 3 is 2.83 bits per heavy atom. The van der Waals surface area contributed by atoms with Crippen LogP contribution in [0.3, 0.4) is 0 Å². The van der Waals surface area contributed by atoms with Crippen molar-refractivity contribution in [1.82, 2.24) is 9.57 Å². The Bertz CT molecular complexity index is 178. The standard InChI is InChI=1S/C8H17N2OP/c1-9-2-6-3-10(12)4-7(6)8(9)5-11/h6-8,11H,2-5,12H2,1H3. The molecule has 2 rings (SSSR count). The van der Waals surface area contributed by atoms with Crippen LogP contribution in [0.25, 0.3) is 0 Å². The van der Waals surface area contributed by atoms with Gasteiger partial charge in [-0.15, -0.1) is 0 Å². The Morgan fingerprint density at radius 1 is 1.42 bits per heavy atom. The molecular weight excluding hydrogens is 171 g/mol. The van der Waals surface area contributed by atoms with Crippen LogP contribution in [0.2, 0.25) is 0 Å². The Labute approximate surface area is 76.0 Å². The number of likely N-dealkylation sites (N-methyl/N-ethyl adjacent to an activating group) is 1. The Morgan fingerprint density at radius 2 is 2.17 bits per heavy atom. The average Bonchev–Trinajstić information content (AvgIpc) is 2.43. The summed E-state index contributed by atoms with van der Waals surface area (Å²) in [5, 5.41) is 9.20. The van der Waals surface area contributed by atoms with E-state index in [0.29, 0.717) is 18.6 Å². The minimum atomic E-state index is 0.316. The van der Waals surface area contributed by atoms with Gasteiger partial charge in [-0.1, -0.05) is 9.39 Å². The molecule has 1 N–H and O–H groups in total. The van der Waals surface area contributed by atoms with E-state index >= 15 is 0 Å². The van der Waals surface area contributed by atoms with Crippen molar-refractivity contribution in [3.63, 3.8) is 0 Å². The van der Waals surface area contributed by atoms with Crippen molar-refractivity contribution in [1.29, 1.82) is 0 Å². The lowest BCUT2D eigenvalue weighted by molar-refractivity contribution is 0.153. The highest BCUT2D eigenvalue weighted by Crippen LogP contribution is 2.36. The van der Waals surface area contributed by atoms with Crippen LogP contribution in [0.4, 0.5) is 0 Å². The summed E-state index contributed by atoms with van der Waals surface area (Å²) in [7, 11) is 4.88. The number of fused-ring (bicyclic) bond motifs is 1. The third-order valence-corrected chi connectivity index (χ3v) is 3.71. The summed E-state index contributed by atoms with van der Waals surface area (Å²) in [6.07, 6.45) is 0. The van der Waals surface area contributed by atoms with Gasteiger partial charge in [0.1, 0.15) is 0 Å². The highest BCUT2D eigenvalue weighted by molar-refractivity contribution is 7.13. The van der Waals surface area contributed by atoms with Gasteiger partial charge < -0.3 is 10.0 Å². The van der Waals surface area contributed by atoms with E-state index in [9.17, 15) is 5.11 Å². The fraction of sp³-hybridized carbons (Fsp3) is 1.00. The van der Waals surface area contributed by atoms with Crippen molar-refractivity contribution in [3.05, 3.63) is 0 Å². The first-order chi connectivity index (χ1) is 5.72. The lowest BCUT2D eigenvalue weighted by Crippen LogP contribution is -2.35. The summed E-state index contributed by atoms with van der Waals surface area (Å²) < 4.78 is 2.30. The lowest BCUT2D eigenvalue weighted by Gasteiger charge is -2.22. The maximum atomic E-state index is 9.20. The van der Waals surface area contributed by atoms with Crippen molar-refractivity contribution in [2.45, 2.75) is 6.04 Å². The molecule has 3 nitrogen and oxygen atoms in total. The van der Waals surface area contributed by atoms with Gasteiger partial charge in [0.05, 0.1) is 6.61 Å². The van der Waals surface area contributed by atoms with Crippen LogP contribution in [-0.4, -0.2) is 54.0 Å². The van der Waals surface area contributed by atoms with Gasteiger partial charge >= 0.3 is 0 Å². The summed E-state index contributed by atoms with van der Waals surface area (Å²) in [5.74, 6) is 1.47. The molecule has 4 unspecified atom stereocenters. The molecule has 2 saturated heterocycles. The van der Waals surface area contributed by atoms with E-state index < -0.39 is 0 Å². The van der Waals surface area contributed by atoms with Crippen LogP contribution < -0.4 is 0 Å². The minimum absolute atomic E-state index is 0.316. The Kier molecular flexibility index (Phi) is 2.39. The van der Waals surface area contributed by atoms with Gasteiger partial charge in [-0.05, 0) is 18.9 Å². The summed E-state index contributed by atoms with van der Waals surface area (Å²) >= 11 is 0. The van der Waals surface area contributed by atoms with Crippen LogP contribution in [0.5, 0.6) is 0 Å². The Hall–Kier alpha value is 0.310. The van der Waals surface area contributed by atoms with E-state index in [4.69, 9.17) is 0 Å². The predicted octanol–water partition coefficient (Wildman–Crippen LogP) is -0.369. The maximum Gasteiger partial charge on any atom is 0.0590 e. The van der Waals surface area contributed by atoms with Crippen molar-refractivity contribution in [3.8, 4) is 0 Å². The van der Waals surface area contributed by atoms with Gasteiger partial charge in [-0.25, -0.2) is 0 Å². The molecule has 0 aliphatic carbocycles. The molecule has 0 saturated carbocycles. The molecule has 0 amide bonds. The molecular formula is C8H17N2OP. The van der Waals surface area contributed by atoms with Crippen LogP contribution in [0.1, 0.15) is 0 Å². The highest BCUT2D eigenvalue weighted by Gasteiger charge is 2.43. The first kappa shape index (κ1) is 8.89. The molecule has 4 atom stereocenters. The van der Waals surface area contributed by atoms with Crippen molar-refractivity contribution in [2.75, 3.05) is 33.3 Å². The molecule has 0 bridgehead atoms. The average molecular weight is 188 g/mol. The van der Waals surface area contributed by atoms with Gasteiger partial charge in [0.25, 0.3) is 0 Å². The second kappa shape index (κ2) is 3.22. The molecule has 12 heavy (non-hydrogen) atoms. The third kappa shape index (κ3) is 1.29. The largest absolute Gasteiger partial charge is 0.395 e. The van der Waals surface area contributed by atoms with Crippen LogP contribution >= 0.6 is 9.39 Å². The van der Waals surface area contributed by atoms with Gasteiger partial charge in [0.2, 0.25) is 0 Å². The number of aliphatic hydroxyl groups is 1. The van der Waals surface area contributed by atoms with Gasteiger partial charge in [-0.3, -0.25) is 4.67 Å². The molecule has 0 aromatic heterocycles. The lowest BCUT2D eigenvalue weighted by atomic mass is 9.95. The molecule has 4 heteroatoms. The summed E-state index contributed by atoms with van der Waals surface area (Å²) in [5.41, 5.74) is 0.